The number of aliphatic hydroxyl groups is 1. The fourth-order valence-electron chi connectivity index (χ4n) is 1.88. The normalized spacial score (nSPS) is 21.8. The molecule has 0 amide bonds. The van der Waals surface area contributed by atoms with E-state index in [0.29, 0.717) is 26.1 Å². The van der Waals surface area contributed by atoms with E-state index in [0.717, 1.165) is 0 Å². The highest BCUT2D eigenvalue weighted by Crippen LogP contribution is 2.25. The van der Waals surface area contributed by atoms with Crippen LogP contribution in [-0.4, -0.2) is 55.0 Å². The minimum Gasteiger partial charge on any atom is -0.388 e. The highest BCUT2D eigenvalue weighted by molar-refractivity contribution is 7.90. The Labute approximate surface area is 104 Å². The lowest BCUT2D eigenvalue weighted by atomic mass is 9.95. The molecule has 1 fully saturated rings. The molecule has 6 heteroatoms. The van der Waals surface area contributed by atoms with Crippen LogP contribution in [0.5, 0.6) is 0 Å². The highest BCUT2D eigenvalue weighted by Gasteiger charge is 2.39. The van der Waals surface area contributed by atoms with Gasteiger partial charge in [-0.1, -0.05) is 0 Å². The Bertz CT molecular complexity index is 352. The van der Waals surface area contributed by atoms with Crippen LogP contribution < -0.4 is 0 Å². The average Bonchev–Trinajstić information content (AvgIpc) is 2.16. The van der Waals surface area contributed by atoms with Crippen LogP contribution in [0.25, 0.3) is 0 Å². The van der Waals surface area contributed by atoms with Gasteiger partial charge in [-0.25, -0.2) is 12.7 Å². The summed E-state index contributed by atoms with van der Waals surface area (Å²) in [5.74, 6) is 0. The molecular weight excluding hydrogens is 242 g/mol. The molecule has 1 heterocycles. The summed E-state index contributed by atoms with van der Waals surface area (Å²) in [6, 6.07) is 0. The first-order valence-corrected chi connectivity index (χ1v) is 7.29. The van der Waals surface area contributed by atoms with Gasteiger partial charge in [-0.15, -0.1) is 0 Å². The van der Waals surface area contributed by atoms with Gasteiger partial charge in [0.25, 0.3) is 0 Å². The molecule has 0 spiro atoms. The summed E-state index contributed by atoms with van der Waals surface area (Å²) in [6.07, 6.45) is 0.966. The van der Waals surface area contributed by atoms with E-state index in [-0.39, 0.29) is 6.54 Å². The molecule has 0 bridgehead atoms. The quantitative estimate of drug-likeness (QED) is 0.811. The van der Waals surface area contributed by atoms with Crippen molar-refractivity contribution in [1.82, 2.24) is 4.31 Å². The average molecular weight is 265 g/mol. The molecule has 5 nitrogen and oxygen atoms in total. The SMILES string of the molecule is CN(CC1(O)CCOCC1)S(=O)(=O)C(C)(C)C. The van der Waals surface area contributed by atoms with Crippen molar-refractivity contribution in [2.45, 2.75) is 44.0 Å². The lowest BCUT2D eigenvalue weighted by Gasteiger charge is -2.37. The zero-order valence-corrected chi connectivity index (χ0v) is 11.9. The monoisotopic (exact) mass is 265 g/mol. The Kier molecular flexibility index (Phi) is 4.24. The number of ether oxygens (including phenoxy) is 1. The fourth-order valence-corrected chi connectivity index (χ4v) is 3.22. The minimum atomic E-state index is -3.38. The summed E-state index contributed by atoms with van der Waals surface area (Å²) in [7, 11) is -1.86. The van der Waals surface area contributed by atoms with Gasteiger partial charge in [-0.2, -0.15) is 0 Å². The van der Waals surface area contributed by atoms with Crippen LogP contribution in [0.15, 0.2) is 0 Å². The van der Waals surface area contributed by atoms with Crippen molar-refractivity contribution >= 4 is 10.0 Å². The summed E-state index contributed by atoms with van der Waals surface area (Å²) in [5.41, 5.74) is -0.953. The molecule has 0 unspecified atom stereocenters. The maximum Gasteiger partial charge on any atom is 0.218 e. The van der Waals surface area contributed by atoms with E-state index in [4.69, 9.17) is 4.74 Å². The van der Waals surface area contributed by atoms with Crippen LogP contribution >= 0.6 is 0 Å². The second kappa shape index (κ2) is 4.84. The van der Waals surface area contributed by atoms with E-state index in [1.807, 2.05) is 0 Å². The van der Waals surface area contributed by atoms with Gasteiger partial charge in [-0.3, -0.25) is 0 Å². The van der Waals surface area contributed by atoms with E-state index in [2.05, 4.69) is 0 Å². The van der Waals surface area contributed by atoms with Gasteiger partial charge >= 0.3 is 0 Å². The van der Waals surface area contributed by atoms with Crippen LogP contribution in [0.1, 0.15) is 33.6 Å². The van der Waals surface area contributed by atoms with Gasteiger partial charge in [0.15, 0.2) is 0 Å². The fraction of sp³-hybridized carbons (Fsp3) is 1.00. The van der Waals surface area contributed by atoms with Crippen molar-refractivity contribution in [3.63, 3.8) is 0 Å². The molecular formula is C11H23NO4S. The van der Waals surface area contributed by atoms with E-state index in [1.54, 1.807) is 20.8 Å². The molecule has 0 radical (unpaired) electrons. The third kappa shape index (κ3) is 3.40. The largest absolute Gasteiger partial charge is 0.388 e. The van der Waals surface area contributed by atoms with Gasteiger partial charge in [0.1, 0.15) is 0 Å². The molecule has 17 heavy (non-hydrogen) atoms. The predicted molar refractivity (Wildman–Crippen MR) is 66.3 cm³/mol. The third-order valence-electron chi connectivity index (χ3n) is 3.12. The van der Waals surface area contributed by atoms with Gasteiger partial charge in [0.05, 0.1) is 10.3 Å². The molecule has 1 saturated heterocycles. The lowest BCUT2D eigenvalue weighted by Crippen LogP contribution is -2.50. The van der Waals surface area contributed by atoms with E-state index < -0.39 is 20.4 Å². The molecule has 0 atom stereocenters. The van der Waals surface area contributed by atoms with E-state index in [9.17, 15) is 13.5 Å². The first-order valence-electron chi connectivity index (χ1n) is 5.85. The standard InChI is InChI=1S/C11H23NO4S/c1-10(2,3)17(14,15)12(4)9-11(13)5-7-16-8-6-11/h13H,5-9H2,1-4H3. The van der Waals surface area contributed by atoms with Crippen LogP contribution in [-0.2, 0) is 14.8 Å². The molecule has 1 aliphatic rings. The van der Waals surface area contributed by atoms with Gasteiger partial charge in [0.2, 0.25) is 10.0 Å². The Hall–Kier alpha value is -0.170. The van der Waals surface area contributed by atoms with Gasteiger partial charge in [0, 0.05) is 39.6 Å². The van der Waals surface area contributed by atoms with Crippen molar-refractivity contribution in [2.75, 3.05) is 26.8 Å². The maximum atomic E-state index is 12.2. The Morgan fingerprint density at radius 3 is 2.18 bits per heavy atom. The minimum absolute atomic E-state index is 0.135. The number of hydrogen-bond acceptors (Lipinski definition) is 4. The zero-order chi connectivity index (χ0) is 13.3. The summed E-state index contributed by atoms with van der Waals surface area (Å²) < 4.78 is 29.9. The highest BCUT2D eigenvalue weighted by atomic mass is 32.2. The summed E-state index contributed by atoms with van der Waals surface area (Å²) in [5, 5.41) is 10.3. The van der Waals surface area contributed by atoms with Crippen LogP contribution in [0, 0.1) is 0 Å². The molecule has 1 aliphatic heterocycles. The van der Waals surface area contributed by atoms with Crippen molar-refractivity contribution in [3.05, 3.63) is 0 Å². The number of sulfonamides is 1. The number of rotatable bonds is 3. The smallest absolute Gasteiger partial charge is 0.218 e. The lowest BCUT2D eigenvalue weighted by molar-refractivity contribution is -0.0690. The maximum absolute atomic E-state index is 12.2. The number of hydrogen-bond donors (Lipinski definition) is 1. The molecule has 0 saturated carbocycles. The summed E-state index contributed by atoms with van der Waals surface area (Å²) in [4.78, 5) is 0. The second-order valence-electron chi connectivity index (χ2n) is 5.71. The first-order chi connectivity index (χ1) is 7.58. The topological polar surface area (TPSA) is 66.8 Å². The van der Waals surface area contributed by atoms with E-state index in [1.165, 1.54) is 11.4 Å². The van der Waals surface area contributed by atoms with Crippen molar-refractivity contribution < 1.29 is 18.3 Å². The van der Waals surface area contributed by atoms with Crippen LogP contribution in [0.3, 0.4) is 0 Å². The Balaban J connectivity index is 2.75. The number of nitrogens with zero attached hydrogens (tertiary/aromatic N) is 1. The van der Waals surface area contributed by atoms with Gasteiger partial charge in [-0.05, 0) is 20.8 Å². The first kappa shape index (κ1) is 14.9. The zero-order valence-electron chi connectivity index (χ0n) is 11.1. The Morgan fingerprint density at radius 2 is 1.76 bits per heavy atom. The molecule has 1 N–H and O–H groups in total. The van der Waals surface area contributed by atoms with Crippen LogP contribution in [0.4, 0.5) is 0 Å². The number of likely N-dealkylation sites (N-methyl/N-ethyl adjacent to an activating group) is 1. The molecule has 102 valence electrons. The summed E-state index contributed by atoms with van der Waals surface area (Å²) >= 11 is 0. The van der Waals surface area contributed by atoms with Crippen molar-refractivity contribution in [1.29, 1.82) is 0 Å². The molecule has 1 rings (SSSR count). The van der Waals surface area contributed by atoms with E-state index >= 15 is 0 Å². The summed E-state index contributed by atoms with van der Waals surface area (Å²) in [6.45, 7) is 6.09. The second-order valence-corrected chi connectivity index (χ2v) is 8.51. The Morgan fingerprint density at radius 1 is 1.29 bits per heavy atom. The molecule has 0 aliphatic carbocycles. The van der Waals surface area contributed by atoms with Crippen molar-refractivity contribution in [3.8, 4) is 0 Å². The molecule has 0 aromatic rings. The predicted octanol–water partition coefficient (Wildman–Crippen LogP) is 0.588. The third-order valence-corrected chi connectivity index (χ3v) is 5.62. The van der Waals surface area contributed by atoms with Gasteiger partial charge < -0.3 is 9.84 Å². The van der Waals surface area contributed by atoms with Crippen LogP contribution in [0.2, 0.25) is 0 Å². The molecule has 0 aromatic heterocycles. The van der Waals surface area contributed by atoms with Crippen molar-refractivity contribution in [2.24, 2.45) is 0 Å². The molecule has 0 aromatic carbocycles.